The molecule has 43 heavy (non-hydrogen) atoms. The molecule has 8 nitrogen and oxygen atoms in total. The summed E-state index contributed by atoms with van der Waals surface area (Å²) in [6.45, 7) is 4.94. The monoisotopic (exact) mass is 638 g/mol. The largest absolute Gasteiger partial charge is 0.490 e. The summed E-state index contributed by atoms with van der Waals surface area (Å²) in [6, 6.07) is 17.3. The highest BCUT2D eigenvalue weighted by atomic mass is 35.5. The maximum Gasteiger partial charge on any atom is 0.337 e. The average Bonchev–Trinajstić information content (AvgIpc) is 3.32. The molecule has 1 aromatic heterocycles. The molecule has 0 unspecified atom stereocenters. The van der Waals surface area contributed by atoms with Crippen LogP contribution in [0.15, 0.2) is 82.2 Å². The van der Waals surface area contributed by atoms with Gasteiger partial charge in [0.2, 0.25) is 0 Å². The van der Waals surface area contributed by atoms with Crippen LogP contribution in [0.25, 0.3) is 6.08 Å². The fraction of sp³-hybridized carbons (Fsp3) is 0.219. The highest BCUT2D eigenvalue weighted by Gasteiger charge is 2.31. The number of rotatable bonds is 10. The van der Waals surface area contributed by atoms with Gasteiger partial charge in [-0.05, 0) is 73.0 Å². The second-order valence-electron chi connectivity index (χ2n) is 9.36. The predicted octanol–water partition coefficient (Wildman–Crippen LogP) is 5.70. The Morgan fingerprint density at radius 1 is 0.977 bits per heavy atom. The number of carbonyl (C=O) groups excluding carboxylic acids is 1. The van der Waals surface area contributed by atoms with E-state index in [0.717, 1.165) is 11.1 Å². The van der Waals surface area contributed by atoms with E-state index in [0.29, 0.717) is 62.0 Å². The number of carbonyl (C=O) groups is 1. The Hall–Kier alpha value is -4.05. The first-order valence-corrected chi connectivity index (χ1v) is 15.1. The molecule has 0 aliphatic carbocycles. The van der Waals surface area contributed by atoms with Crippen LogP contribution in [-0.2, 0) is 16.1 Å². The summed E-state index contributed by atoms with van der Waals surface area (Å²) in [5.41, 5.74) is 2.23. The van der Waals surface area contributed by atoms with Crippen molar-refractivity contribution in [3.8, 4) is 17.2 Å². The molecule has 4 aromatic rings. The first kappa shape index (κ1) is 30.4. The minimum absolute atomic E-state index is 0.228. The summed E-state index contributed by atoms with van der Waals surface area (Å²) in [5.74, 6) is 1.13. The molecule has 0 saturated carbocycles. The maximum absolute atomic E-state index is 13.9. The van der Waals surface area contributed by atoms with E-state index >= 15 is 0 Å². The van der Waals surface area contributed by atoms with Gasteiger partial charge in [-0.3, -0.25) is 9.36 Å². The van der Waals surface area contributed by atoms with Crippen LogP contribution in [0.2, 0.25) is 10.0 Å². The van der Waals surface area contributed by atoms with Crippen LogP contribution < -0.4 is 29.1 Å². The Morgan fingerprint density at radius 3 is 2.51 bits per heavy atom. The number of methoxy groups -OCH3 is 1. The number of ether oxygens (including phenoxy) is 4. The number of fused-ring (bicyclic) bond motifs is 1. The molecule has 5 rings (SSSR count). The van der Waals surface area contributed by atoms with Crippen molar-refractivity contribution in [1.82, 2.24) is 4.57 Å². The molecular formula is C32H28Cl2N2O6S. The summed E-state index contributed by atoms with van der Waals surface area (Å²) in [5, 5.41) is 0.937. The van der Waals surface area contributed by atoms with Crippen molar-refractivity contribution in [2.24, 2.45) is 4.99 Å². The van der Waals surface area contributed by atoms with Gasteiger partial charge >= 0.3 is 5.97 Å². The highest BCUT2D eigenvalue weighted by Crippen LogP contribution is 2.35. The molecule has 0 amide bonds. The Morgan fingerprint density at radius 2 is 1.77 bits per heavy atom. The minimum Gasteiger partial charge on any atom is -0.490 e. The van der Waals surface area contributed by atoms with E-state index in [1.807, 2.05) is 50.2 Å². The first-order chi connectivity index (χ1) is 20.8. The number of hydrogen-bond acceptors (Lipinski definition) is 8. The zero-order chi connectivity index (χ0) is 30.5. The highest BCUT2D eigenvalue weighted by molar-refractivity contribution is 7.07. The third-order valence-corrected chi connectivity index (χ3v) is 8.29. The number of nitrogens with zero attached hydrogens (tertiary/aromatic N) is 2. The van der Waals surface area contributed by atoms with Gasteiger partial charge in [0.05, 0.1) is 46.5 Å². The van der Waals surface area contributed by atoms with Crippen LogP contribution in [0.1, 0.15) is 36.6 Å². The van der Waals surface area contributed by atoms with Gasteiger partial charge in [0, 0.05) is 6.20 Å². The number of aromatic nitrogens is 1. The second-order valence-corrected chi connectivity index (χ2v) is 11.2. The van der Waals surface area contributed by atoms with Crippen molar-refractivity contribution in [3.05, 3.63) is 119 Å². The van der Waals surface area contributed by atoms with Crippen molar-refractivity contribution in [3.63, 3.8) is 0 Å². The fourth-order valence-electron chi connectivity index (χ4n) is 4.63. The summed E-state index contributed by atoms with van der Waals surface area (Å²) in [7, 11) is 1.30. The van der Waals surface area contributed by atoms with E-state index in [-0.39, 0.29) is 11.1 Å². The van der Waals surface area contributed by atoms with E-state index < -0.39 is 12.0 Å². The van der Waals surface area contributed by atoms with Gasteiger partial charge in [-0.25, -0.2) is 9.79 Å². The summed E-state index contributed by atoms with van der Waals surface area (Å²) in [4.78, 5) is 31.6. The topological polar surface area (TPSA) is 88.4 Å². The molecule has 11 heteroatoms. The Balaban J connectivity index is 1.52. The number of hydrogen-bond donors (Lipinski definition) is 0. The Kier molecular flexibility index (Phi) is 9.55. The number of halogens is 2. The van der Waals surface area contributed by atoms with Gasteiger partial charge in [0.25, 0.3) is 5.56 Å². The van der Waals surface area contributed by atoms with E-state index in [4.69, 9.17) is 42.1 Å². The Labute approximate surface area is 262 Å². The minimum atomic E-state index is -0.776. The molecule has 222 valence electrons. The quantitative estimate of drug-likeness (QED) is 0.207. The molecule has 1 aliphatic heterocycles. The molecule has 0 N–H and O–H groups in total. The molecule has 1 aliphatic rings. The Bertz CT molecular complexity index is 1880. The number of benzene rings is 3. The summed E-state index contributed by atoms with van der Waals surface area (Å²) >= 11 is 13.4. The summed E-state index contributed by atoms with van der Waals surface area (Å²) in [6.07, 6.45) is 3.23. The van der Waals surface area contributed by atoms with Gasteiger partial charge in [-0.1, -0.05) is 58.8 Å². The van der Waals surface area contributed by atoms with E-state index in [2.05, 4.69) is 4.99 Å². The molecule has 1 atom stereocenters. The molecule has 0 bridgehead atoms. The van der Waals surface area contributed by atoms with Crippen LogP contribution in [0.4, 0.5) is 0 Å². The van der Waals surface area contributed by atoms with Gasteiger partial charge in [-0.2, -0.15) is 0 Å². The molecule has 0 radical (unpaired) electrons. The lowest BCUT2D eigenvalue weighted by atomic mass is 9.97. The maximum atomic E-state index is 13.9. The molecular weight excluding hydrogens is 611 g/mol. The van der Waals surface area contributed by atoms with E-state index in [1.54, 1.807) is 30.3 Å². The van der Waals surface area contributed by atoms with Crippen molar-refractivity contribution in [1.29, 1.82) is 0 Å². The lowest BCUT2D eigenvalue weighted by Crippen LogP contribution is -2.39. The van der Waals surface area contributed by atoms with E-state index in [9.17, 15) is 9.59 Å². The van der Waals surface area contributed by atoms with Crippen LogP contribution in [0.3, 0.4) is 0 Å². The van der Waals surface area contributed by atoms with Gasteiger partial charge < -0.3 is 18.9 Å². The van der Waals surface area contributed by atoms with Crippen molar-refractivity contribution in [2.75, 3.05) is 20.3 Å². The number of esters is 1. The zero-order valence-electron chi connectivity index (χ0n) is 23.6. The van der Waals surface area contributed by atoms with Crippen molar-refractivity contribution >= 4 is 46.6 Å². The van der Waals surface area contributed by atoms with E-state index in [1.165, 1.54) is 29.2 Å². The first-order valence-electron chi connectivity index (χ1n) is 13.5. The fourth-order valence-corrected chi connectivity index (χ4v) is 5.92. The lowest BCUT2D eigenvalue weighted by Gasteiger charge is -2.23. The third kappa shape index (κ3) is 6.64. The molecule has 2 heterocycles. The van der Waals surface area contributed by atoms with Crippen molar-refractivity contribution < 1.29 is 23.7 Å². The zero-order valence-corrected chi connectivity index (χ0v) is 26.0. The molecule has 0 spiro atoms. The lowest BCUT2D eigenvalue weighted by molar-refractivity contribution is -0.136. The standard InChI is InChI=1S/C32H28Cl2N2O6S/c1-4-40-26-12-10-21(16-27(26)41-5-2)29-23(31(38)39-3)17-35-32-36(29)30(37)28(43-32)15-19-7-6-8-22(13-19)42-18-20-9-11-24(33)25(34)14-20/h6-17,29H,4-5,18H2,1-3H3/b28-15-/t29-/m1/s1. The third-order valence-electron chi connectivity index (χ3n) is 6.55. The molecule has 3 aromatic carbocycles. The van der Waals surface area contributed by atoms with Crippen LogP contribution in [-0.4, -0.2) is 30.9 Å². The van der Waals surface area contributed by atoms with Crippen molar-refractivity contribution in [2.45, 2.75) is 26.5 Å². The predicted molar refractivity (Wildman–Crippen MR) is 167 cm³/mol. The van der Waals surface area contributed by atoms with Crippen LogP contribution in [0, 0.1) is 0 Å². The van der Waals surface area contributed by atoms with Gasteiger partial charge in [-0.15, -0.1) is 0 Å². The van der Waals surface area contributed by atoms with Crippen LogP contribution in [0.5, 0.6) is 17.2 Å². The summed E-state index contributed by atoms with van der Waals surface area (Å²) < 4.78 is 24.5. The second kappa shape index (κ2) is 13.5. The average molecular weight is 640 g/mol. The normalized spacial score (nSPS) is 14.4. The molecule has 0 saturated heterocycles. The molecule has 0 fully saturated rings. The smallest absolute Gasteiger partial charge is 0.337 e. The van der Waals surface area contributed by atoms with Gasteiger partial charge in [0.15, 0.2) is 16.3 Å². The van der Waals surface area contributed by atoms with Gasteiger partial charge in [0.1, 0.15) is 12.4 Å². The van der Waals surface area contributed by atoms with Crippen LogP contribution >= 0.6 is 34.5 Å². The number of thiazole rings is 1. The SMILES string of the molecule is CCOc1ccc([C@@H]2C(C(=O)OC)=CN=c3s/c(=C\c4cccc(OCc5ccc(Cl)c(Cl)c5)c4)c(=O)n32)cc1OCC.